The lowest BCUT2D eigenvalue weighted by Crippen LogP contribution is -2.37. The summed E-state index contributed by atoms with van der Waals surface area (Å²) in [4.78, 5) is 24.8. The van der Waals surface area contributed by atoms with E-state index in [0.717, 1.165) is 28.6 Å². The number of likely N-dealkylation sites (tertiary alicyclic amines) is 1. The molecule has 1 aromatic rings. The summed E-state index contributed by atoms with van der Waals surface area (Å²) in [7, 11) is 0. The van der Waals surface area contributed by atoms with E-state index in [0.29, 0.717) is 0 Å². The second kappa shape index (κ2) is 7.03. The molecular formula is C14H17IN2O3. The fourth-order valence-electron chi connectivity index (χ4n) is 2.49. The van der Waals surface area contributed by atoms with E-state index < -0.39 is 5.97 Å². The van der Waals surface area contributed by atoms with Crippen molar-refractivity contribution in [2.24, 2.45) is 0 Å². The summed E-state index contributed by atoms with van der Waals surface area (Å²) >= 11 is 2.19. The number of carbonyl (C=O) groups excluding carboxylic acids is 1. The standard InChI is InChI=1S/C14H17IN2O3/c15-10-3-1-4-11(7-10)16-13(18)9-17-6-2-5-12(17)8-14(19)20/h1,3-4,7,12H,2,5-6,8-9H2,(H,16,18)(H,19,20). The van der Waals surface area contributed by atoms with Gasteiger partial charge in [-0.2, -0.15) is 0 Å². The van der Waals surface area contributed by atoms with Crippen LogP contribution in [-0.4, -0.2) is 41.0 Å². The maximum absolute atomic E-state index is 12.0. The molecule has 1 saturated heterocycles. The van der Waals surface area contributed by atoms with E-state index in [2.05, 4.69) is 27.9 Å². The van der Waals surface area contributed by atoms with Crippen LogP contribution in [0.2, 0.25) is 0 Å². The Morgan fingerprint density at radius 3 is 2.95 bits per heavy atom. The maximum Gasteiger partial charge on any atom is 0.304 e. The van der Waals surface area contributed by atoms with E-state index in [1.807, 2.05) is 29.2 Å². The minimum Gasteiger partial charge on any atom is -0.481 e. The second-order valence-corrected chi connectivity index (χ2v) is 6.17. The third kappa shape index (κ3) is 4.45. The van der Waals surface area contributed by atoms with Crippen molar-refractivity contribution < 1.29 is 14.7 Å². The number of carboxylic acids is 1. The van der Waals surface area contributed by atoms with E-state index in [-0.39, 0.29) is 24.9 Å². The molecule has 108 valence electrons. The fourth-order valence-corrected chi connectivity index (χ4v) is 3.03. The number of aliphatic carboxylic acids is 1. The molecule has 1 atom stereocenters. The highest BCUT2D eigenvalue weighted by Gasteiger charge is 2.27. The average molecular weight is 388 g/mol. The lowest BCUT2D eigenvalue weighted by atomic mass is 10.1. The number of hydrogen-bond acceptors (Lipinski definition) is 3. The van der Waals surface area contributed by atoms with Crippen LogP contribution in [0.1, 0.15) is 19.3 Å². The molecular weight excluding hydrogens is 371 g/mol. The Morgan fingerprint density at radius 2 is 2.25 bits per heavy atom. The molecule has 1 heterocycles. The zero-order valence-corrected chi connectivity index (χ0v) is 13.2. The minimum absolute atomic E-state index is 0.0193. The number of amides is 1. The molecule has 0 aromatic heterocycles. The van der Waals surface area contributed by atoms with Gasteiger partial charge in [-0.1, -0.05) is 6.07 Å². The van der Waals surface area contributed by atoms with Crippen LogP contribution in [-0.2, 0) is 9.59 Å². The van der Waals surface area contributed by atoms with Crippen molar-refractivity contribution in [1.82, 2.24) is 4.90 Å². The fraction of sp³-hybridized carbons (Fsp3) is 0.429. The first-order valence-corrected chi connectivity index (χ1v) is 7.64. The lowest BCUT2D eigenvalue weighted by molar-refractivity contribution is -0.138. The predicted molar refractivity (Wildman–Crippen MR) is 84.6 cm³/mol. The number of rotatable bonds is 5. The van der Waals surface area contributed by atoms with Gasteiger partial charge in [0, 0.05) is 15.3 Å². The van der Waals surface area contributed by atoms with Crippen molar-refractivity contribution >= 4 is 40.2 Å². The summed E-state index contributed by atoms with van der Waals surface area (Å²) in [5, 5.41) is 11.7. The highest BCUT2D eigenvalue weighted by Crippen LogP contribution is 2.20. The normalized spacial score (nSPS) is 18.9. The van der Waals surface area contributed by atoms with Crippen molar-refractivity contribution in [2.75, 3.05) is 18.4 Å². The third-order valence-corrected chi connectivity index (χ3v) is 4.04. The Morgan fingerprint density at radius 1 is 1.45 bits per heavy atom. The molecule has 0 aliphatic carbocycles. The number of carbonyl (C=O) groups is 2. The van der Waals surface area contributed by atoms with Gasteiger partial charge >= 0.3 is 5.97 Å². The molecule has 0 saturated carbocycles. The summed E-state index contributed by atoms with van der Waals surface area (Å²) in [6.45, 7) is 1.04. The van der Waals surface area contributed by atoms with Gasteiger partial charge in [0.15, 0.2) is 0 Å². The number of nitrogens with zero attached hydrogens (tertiary/aromatic N) is 1. The second-order valence-electron chi connectivity index (χ2n) is 4.92. The zero-order chi connectivity index (χ0) is 14.5. The Balaban J connectivity index is 1.89. The van der Waals surface area contributed by atoms with E-state index in [1.165, 1.54) is 0 Å². The maximum atomic E-state index is 12.0. The molecule has 1 amide bonds. The smallest absolute Gasteiger partial charge is 0.304 e. The summed E-state index contributed by atoms with van der Waals surface area (Å²) in [5.74, 6) is -0.899. The molecule has 2 N–H and O–H groups in total. The summed E-state index contributed by atoms with van der Waals surface area (Å²) in [5.41, 5.74) is 0.774. The molecule has 20 heavy (non-hydrogen) atoms. The first kappa shape index (κ1) is 15.2. The molecule has 1 fully saturated rings. The van der Waals surface area contributed by atoms with E-state index in [1.54, 1.807) is 0 Å². The predicted octanol–water partition coefficient (Wildman–Crippen LogP) is 2.17. The summed E-state index contributed by atoms with van der Waals surface area (Å²) in [6.07, 6.45) is 1.91. The van der Waals surface area contributed by atoms with Gasteiger partial charge in [0.05, 0.1) is 13.0 Å². The van der Waals surface area contributed by atoms with Crippen molar-refractivity contribution in [2.45, 2.75) is 25.3 Å². The highest BCUT2D eigenvalue weighted by atomic mass is 127. The number of hydrogen-bond donors (Lipinski definition) is 2. The molecule has 6 heteroatoms. The van der Waals surface area contributed by atoms with Crippen molar-refractivity contribution in [3.63, 3.8) is 0 Å². The molecule has 2 rings (SSSR count). The van der Waals surface area contributed by atoms with Crippen LogP contribution in [0.25, 0.3) is 0 Å². The van der Waals surface area contributed by atoms with Crippen LogP contribution in [0.15, 0.2) is 24.3 Å². The van der Waals surface area contributed by atoms with Gasteiger partial charge < -0.3 is 10.4 Å². The SMILES string of the molecule is O=C(O)CC1CCCN1CC(=O)Nc1cccc(I)c1. The van der Waals surface area contributed by atoms with Crippen LogP contribution in [0.3, 0.4) is 0 Å². The third-order valence-electron chi connectivity index (χ3n) is 3.36. The van der Waals surface area contributed by atoms with E-state index >= 15 is 0 Å². The molecule has 0 bridgehead atoms. The Labute approximate surface area is 131 Å². The van der Waals surface area contributed by atoms with E-state index in [9.17, 15) is 9.59 Å². The van der Waals surface area contributed by atoms with Crippen LogP contribution >= 0.6 is 22.6 Å². The largest absolute Gasteiger partial charge is 0.481 e. The molecule has 1 unspecified atom stereocenters. The zero-order valence-electron chi connectivity index (χ0n) is 11.0. The van der Waals surface area contributed by atoms with Gasteiger partial charge in [0.25, 0.3) is 0 Å². The first-order chi connectivity index (χ1) is 9.54. The Kier molecular flexibility index (Phi) is 5.36. The molecule has 5 nitrogen and oxygen atoms in total. The van der Waals surface area contributed by atoms with Gasteiger partial charge in [0.1, 0.15) is 0 Å². The van der Waals surface area contributed by atoms with Crippen LogP contribution in [0, 0.1) is 3.57 Å². The van der Waals surface area contributed by atoms with Crippen molar-refractivity contribution in [1.29, 1.82) is 0 Å². The number of benzene rings is 1. The topological polar surface area (TPSA) is 69.6 Å². The first-order valence-electron chi connectivity index (χ1n) is 6.56. The van der Waals surface area contributed by atoms with Gasteiger partial charge in [-0.3, -0.25) is 14.5 Å². The van der Waals surface area contributed by atoms with Crippen LogP contribution in [0.5, 0.6) is 0 Å². The number of halogens is 1. The lowest BCUT2D eigenvalue weighted by Gasteiger charge is -2.22. The van der Waals surface area contributed by atoms with Crippen LogP contribution < -0.4 is 5.32 Å². The Hall–Kier alpha value is -1.15. The molecule has 1 aromatic carbocycles. The van der Waals surface area contributed by atoms with Crippen LogP contribution in [0.4, 0.5) is 5.69 Å². The summed E-state index contributed by atoms with van der Waals surface area (Å²) in [6, 6.07) is 7.57. The van der Waals surface area contributed by atoms with Crippen molar-refractivity contribution in [3.05, 3.63) is 27.8 Å². The average Bonchev–Trinajstić information content (AvgIpc) is 2.75. The van der Waals surface area contributed by atoms with Gasteiger partial charge in [0.2, 0.25) is 5.91 Å². The van der Waals surface area contributed by atoms with Gasteiger partial charge in [-0.15, -0.1) is 0 Å². The molecule has 1 aliphatic heterocycles. The molecule has 0 spiro atoms. The number of anilines is 1. The number of nitrogens with one attached hydrogen (secondary N) is 1. The minimum atomic E-state index is -0.806. The summed E-state index contributed by atoms with van der Waals surface area (Å²) < 4.78 is 1.06. The van der Waals surface area contributed by atoms with Crippen molar-refractivity contribution in [3.8, 4) is 0 Å². The quantitative estimate of drug-likeness (QED) is 0.759. The Bertz CT molecular complexity index is 507. The molecule has 1 aliphatic rings. The van der Waals surface area contributed by atoms with Gasteiger partial charge in [-0.25, -0.2) is 0 Å². The highest BCUT2D eigenvalue weighted by molar-refractivity contribution is 14.1. The molecule has 0 radical (unpaired) electrons. The number of carboxylic acid groups (broad SMARTS) is 1. The van der Waals surface area contributed by atoms with Gasteiger partial charge in [-0.05, 0) is 60.2 Å². The monoisotopic (exact) mass is 388 g/mol. The van der Waals surface area contributed by atoms with E-state index in [4.69, 9.17) is 5.11 Å².